The predicted octanol–water partition coefficient (Wildman–Crippen LogP) is 1.25. The van der Waals surface area contributed by atoms with Gasteiger partial charge >= 0.3 is 0 Å². The van der Waals surface area contributed by atoms with Crippen LogP contribution in [0.3, 0.4) is 0 Å². The minimum absolute atomic E-state index is 0.116. The van der Waals surface area contributed by atoms with Crippen LogP contribution in [0, 0.1) is 12.1 Å². The van der Waals surface area contributed by atoms with E-state index in [0.29, 0.717) is 12.4 Å². The molecule has 0 aliphatic carbocycles. The molecule has 0 saturated heterocycles. The van der Waals surface area contributed by atoms with Gasteiger partial charge in [-0.2, -0.15) is 0 Å². The van der Waals surface area contributed by atoms with Crippen molar-refractivity contribution in [3.8, 4) is 0 Å². The van der Waals surface area contributed by atoms with E-state index in [1.54, 1.807) is 0 Å². The Morgan fingerprint density at radius 3 is 2.42 bits per heavy atom. The van der Waals surface area contributed by atoms with Gasteiger partial charge < -0.3 is 10.3 Å². The molecule has 0 radical (unpaired) electrons. The summed E-state index contributed by atoms with van der Waals surface area (Å²) in [6, 6.07) is 7.54. The Morgan fingerprint density at radius 2 is 1.92 bits per heavy atom. The summed E-state index contributed by atoms with van der Waals surface area (Å²) in [5, 5.41) is 11.4. The lowest BCUT2D eigenvalue weighted by molar-refractivity contribution is -0.773. The quantitative estimate of drug-likeness (QED) is 0.557. The number of hydroxylamine groups is 1. The molecule has 0 aromatic heterocycles. The number of halogens is 1. The summed E-state index contributed by atoms with van der Waals surface area (Å²) in [5.74, 6) is 0.396. The zero-order valence-corrected chi connectivity index (χ0v) is 7.77. The fourth-order valence-electron chi connectivity index (χ4n) is 0.970. The number of rotatable bonds is 3. The Hall–Kier alpha value is -0.570. The Labute approximate surface area is 77.3 Å². The lowest BCUT2D eigenvalue weighted by Gasteiger charge is -2.20. The molecular formula is C9H12ClNO. The minimum Gasteiger partial charge on any atom is -0.629 e. The summed E-state index contributed by atoms with van der Waals surface area (Å²) < 4.78 is 0. The molecule has 12 heavy (non-hydrogen) atoms. The Bertz CT molecular complexity index is 235. The maximum Gasteiger partial charge on any atom is 0.131 e. The minimum atomic E-state index is 0.116. The second kappa shape index (κ2) is 4.45. The van der Waals surface area contributed by atoms with Gasteiger partial charge in [-0.15, -0.1) is 11.6 Å². The van der Waals surface area contributed by atoms with Crippen LogP contribution in [0.25, 0.3) is 0 Å². The van der Waals surface area contributed by atoms with Gasteiger partial charge in [0.2, 0.25) is 0 Å². The van der Waals surface area contributed by atoms with Crippen LogP contribution in [-0.2, 0) is 0 Å². The van der Waals surface area contributed by atoms with Crippen LogP contribution in [-0.4, -0.2) is 12.4 Å². The van der Waals surface area contributed by atoms with E-state index in [9.17, 15) is 5.21 Å². The van der Waals surface area contributed by atoms with Crippen LogP contribution in [0.2, 0.25) is 0 Å². The highest BCUT2D eigenvalue weighted by molar-refractivity contribution is 6.17. The van der Waals surface area contributed by atoms with Crippen LogP contribution in [0.4, 0.5) is 5.69 Å². The summed E-state index contributed by atoms with van der Waals surface area (Å²) in [4.78, 5) is 0. The van der Waals surface area contributed by atoms with Crippen molar-refractivity contribution in [2.75, 3.05) is 12.4 Å². The maximum atomic E-state index is 11.3. The largest absolute Gasteiger partial charge is 0.629 e. The third kappa shape index (κ3) is 2.48. The van der Waals surface area contributed by atoms with Crippen LogP contribution in [0.1, 0.15) is 5.56 Å². The van der Waals surface area contributed by atoms with E-state index in [-0.39, 0.29) is 5.06 Å². The third-order valence-corrected chi connectivity index (χ3v) is 1.88. The van der Waals surface area contributed by atoms with Gasteiger partial charge in [0, 0.05) is 0 Å². The first-order chi connectivity index (χ1) is 5.74. The average molecular weight is 186 g/mol. The van der Waals surface area contributed by atoms with Crippen molar-refractivity contribution in [1.82, 2.24) is 0 Å². The number of alkyl halides is 1. The van der Waals surface area contributed by atoms with E-state index >= 15 is 0 Å². The van der Waals surface area contributed by atoms with E-state index in [4.69, 9.17) is 11.6 Å². The molecule has 0 fully saturated rings. The number of hydrogen-bond donors (Lipinski definition) is 1. The molecule has 1 atom stereocenters. The van der Waals surface area contributed by atoms with Gasteiger partial charge in [0.1, 0.15) is 5.69 Å². The molecule has 0 amide bonds. The van der Waals surface area contributed by atoms with E-state index in [1.165, 1.54) is 0 Å². The van der Waals surface area contributed by atoms with Gasteiger partial charge in [0.05, 0.1) is 12.4 Å². The fourth-order valence-corrected chi connectivity index (χ4v) is 1.14. The second-order valence-corrected chi connectivity index (χ2v) is 3.11. The summed E-state index contributed by atoms with van der Waals surface area (Å²) >= 11 is 5.46. The topological polar surface area (TPSA) is 27.5 Å². The molecule has 1 aromatic rings. The van der Waals surface area contributed by atoms with Crippen molar-refractivity contribution < 1.29 is 5.06 Å². The summed E-state index contributed by atoms with van der Waals surface area (Å²) in [5.41, 5.74) is 1.92. The van der Waals surface area contributed by atoms with Crippen molar-refractivity contribution in [2.24, 2.45) is 0 Å². The third-order valence-electron chi connectivity index (χ3n) is 1.70. The molecule has 0 saturated carbocycles. The summed E-state index contributed by atoms with van der Waals surface area (Å²) in [6.45, 7) is 2.42. The highest BCUT2D eigenvalue weighted by Gasteiger charge is 1.99. The molecule has 0 aliphatic rings. The van der Waals surface area contributed by atoms with Gasteiger partial charge in [-0.1, -0.05) is 17.7 Å². The van der Waals surface area contributed by atoms with E-state index in [1.807, 2.05) is 31.2 Å². The first-order valence-corrected chi connectivity index (χ1v) is 4.43. The van der Waals surface area contributed by atoms with E-state index in [0.717, 1.165) is 11.3 Å². The van der Waals surface area contributed by atoms with Crippen LogP contribution in [0.5, 0.6) is 0 Å². The monoisotopic (exact) mass is 185 g/mol. The fraction of sp³-hybridized carbons (Fsp3) is 0.333. The predicted molar refractivity (Wildman–Crippen MR) is 50.8 cm³/mol. The molecule has 0 aliphatic heterocycles. The molecule has 2 nitrogen and oxygen atoms in total. The zero-order valence-electron chi connectivity index (χ0n) is 7.01. The van der Waals surface area contributed by atoms with Crippen LogP contribution in [0.15, 0.2) is 24.3 Å². The van der Waals surface area contributed by atoms with Crippen molar-refractivity contribution in [1.29, 1.82) is 0 Å². The number of nitrogens with one attached hydrogen (secondary N) is 1. The number of benzene rings is 1. The molecule has 1 rings (SSSR count). The molecule has 3 heteroatoms. The number of aryl methyl sites for hydroxylation is 1. The van der Waals surface area contributed by atoms with Gasteiger partial charge in [0.25, 0.3) is 0 Å². The van der Waals surface area contributed by atoms with Crippen molar-refractivity contribution in [2.45, 2.75) is 6.92 Å². The Morgan fingerprint density at radius 1 is 1.33 bits per heavy atom. The van der Waals surface area contributed by atoms with Gasteiger partial charge in [-0.3, -0.25) is 0 Å². The number of hydrogen-bond acceptors (Lipinski definition) is 1. The molecule has 1 N–H and O–H groups in total. The first kappa shape index (κ1) is 9.52. The van der Waals surface area contributed by atoms with Crippen molar-refractivity contribution in [3.05, 3.63) is 35.0 Å². The average Bonchev–Trinajstić information content (AvgIpc) is 2.06. The molecule has 1 unspecified atom stereocenters. The molecule has 0 bridgehead atoms. The Kier molecular flexibility index (Phi) is 3.53. The first-order valence-electron chi connectivity index (χ1n) is 3.90. The van der Waals surface area contributed by atoms with Crippen molar-refractivity contribution in [3.63, 3.8) is 0 Å². The second-order valence-electron chi connectivity index (χ2n) is 2.73. The van der Waals surface area contributed by atoms with Crippen LogP contribution < -0.4 is 5.06 Å². The molecule has 0 spiro atoms. The molecule has 1 aromatic carbocycles. The lowest BCUT2D eigenvalue weighted by Crippen LogP contribution is -3.02. The van der Waals surface area contributed by atoms with E-state index in [2.05, 4.69) is 0 Å². The summed E-state index contributed by atoms with van der Waals surface area (Å²) in [7, 11) is 0. The normalized spacial score (nSPS) is 12.9. The van der Waals surface area contributed by atoms with E-state index < -0.39 is 0 Å². The zero-order chi connectivity index (χ0) is 8.97. The number of quaternary nitrogens is 1. The van der Waals surface area contributed by atoms with Gasteiger partial charge in [0.15, 0.2) is 0 Å². The SMILES string of the molecule is Cc1ccc([NH+]([O-])CCCl)cc1. The standard InChI is InChI=1S/C9H12ClNO/c1-8-2-4-9(5-3-8)11(12)7-6-10/h2-5,11H,6-7H2,1H3. The van der Waals surface area contributed by atoms with Crippen LogP contribution >= 0.6 is 11.6 Å². The lowest BCUT2D eigenvalue weighted by atomic mass is 10.2. The molecule has 66 valence electrons. The molecule has 0 heterocycles. The maximum absolute atomic E-state index is 11.3. The molecular weight excluding hydrogens is 174 g/mol. The summed E-state index contributed by atoms with van der Waals surface area (Å²) in [6.07, 6.45) is 0. The van der Waals surface area contributed by atoms with Gasteiger partial charge in [-0.05, 0) is 19.1 Å². The highest BCUT2D eigenvalue weighted by Crippen LogP contribution is 2.03. The van der Waals surface area contributed by atoms with Crippen molar-refractivity contribution >= 4 is 17.3 Å². The van der Waals surface area contributed by atoms with Gasteiger partial charge in [-0.25, -0.2) is 0 Å². The Balaban J connectivity index is 2.68. The highest BCUT2D eigenvalue weighted by atomic mass is 35.5. The smallest absolute Gasteiger partial charge is 0.131 e.